The monoisotopic (exact) mass is 368 g/mol. The van der Waals surface area contributed by atoms with Gasteiger partial charge in [0.1, 0.15) is 11.5 Å². The van der Waals surface area contributed by atoms with Crippen molar-refractivity contribution in [2.45, 2.75) is 12.8 Å². The predicted octanol–water partition coefficient (Wildman–Crippen LogP) is 3.09. The highest BCUT2D eigenvalue weighted by molar-refractivity contribution is 5.94. The number of nitrogens with zero attached hydrogens (tertiary/aromatic N) is 2. The van der Waals surface area contributed by atoms with Gasteiger partial charge in [-0.25, -0.2) is 0 Å². The van der Waals surface area contributed by atoms with Crippen molar-refractivity contribution in [2.75, 3.05) is 46.9 Å². The van der Waals surface area contributed by atoms with Crippen molar-refractivity contribution in [1.82, 2.24) is 9.80 Å². The van der Waals surface area contributed by atoms with Crippen molar-refractivity contribution >= 4 is 5.91 Å². The van der Waals surface area contributed by atoms with Crippen molar-refractivity contribution in [3.8, 4) is 11.5 Å². The Morgan fingerprint density at radius 3 is 2.30 bits per heavy atom. The molecule has 27 heavy (non-hydrogen) atoms. The lowest BCUT2D eigenvalue weighted by atomic mass is 10.1. The number of amides is 1. The van der Waals surface area contributed by atoms with Crippen molar-refractivity contribution in [2.24, 2.45) is 0 Å². The van der Waals surface area contributed by atoms with Crippen LogP contribution in [0.1, 0.15) is 22.3 Å². The van der Waals surface area contributed by atoms with Crippen LogP contribution in [0.4, 0.5) is 0 Å². The van der Waals surface area contributed by atoms with Gasteiger partial charge in [-0.15, -0.1) is 0 Å². The third kappa shape index (κ3) is 5.01. The molecule has 0 bridgehead atoms. The summed E-state index contributed by atoms with van der Waals surface area (Å²) in [4.78, 5) is 17.0. The number of ether oxygens (including phenoxy) is 2. The minimum absolute atomic E-state index is 0.103. The Kier molecular flexibility index (Phi) is 6.71. The van der Waals surface area contributed by atoms with Gasteiger partial charge in [0.15, 0.2) is 0 Å². The van der Waals surface area contributed by atoms with Gasteiger partial charge in [-0.1, -0.05) is 18.2 Å². The lowest BCUT2D eigenvalue weighted by Crippen LogP contribution is -2.48. The molecule has 0 saturated carbocycles. The molecule has 1 aliphatic rings. The highest BCUT2D eigenvalue weighted by Gasteiger charge is 2.21. The summed E-state index contributed by atoms with van der Waals surface area (Å²) in [5.74, 6) is 1.84. The molecule has 3 rings (SSSR count). The van der Waals surface area contributed by atoms with E-state index in [1.54, 1.807) is 14.2 Å². The lowest BCUT2D eigenvalue weighted by Gasteiger charge is -2.34. The van der Waals surface area contributed by atoms with Gasteiger partial charge in [-0.2, -0.15) is 0 Å². The molecule has 1 amide bonds. The third-order valence-corrected chi connectivity index (χ3v) is 5.11. The molecule has 2 aromatic rings. The Labute approximate surface area is 161 Å². The summed E-state index contributed by atoms with van der Waals surface area (Å²) in [6.07, 6.45) is 2.10. The van der Waals surface area contributed by atoms with E-state index < -0.39 is 0 Å². The molecular formula is C22H28N2O3. The number of hydrogen-bond acceptors (Lipinski definition) is 4. The second-order valence-corrected chi connectivity index (χ2v) is 6.78. The number of hydrogen-bond donors (Lipinski definition) is 0. The van der Waals surface area contributed by atoms with Gasteiger partial charge in [-0.05, 0) is 55.3 Å². The topological polar surface area (TPSA) is 42.0 Å². The van der Waals surface area contributed by atoms with Gasteiger partial charge < -0.3 is 14.4 Å². The van der Waals surface area contributed by atoms with Crippen LogP contribution in [0.3, 0.4) is 0 Å². The molecule has 0 N–H and O–H groups in total. The molecule has 144 valence electrons. The van der Waals surface area contributed by atoms with E-state index in [-0.39, 0.29) is 5.91 Å². The Hall–Kier alpha value is -2.53. The highest BCUT2D eigenvalue weighted by atomic mass is 16.5. The summed E-state index contributed by atoms with van der Waals surface area (Å²) >= 11 is 0. The normalized spacial score (nSPS) is 14.8. The molecule has 5 heteroatoms. The summed E-state index contributed by atoms with van der Waals surface area (Å²) in [5.41, 5.74) is 1.98. The molecular weight excluding hydrogens is 340 g/mol. The summed E-state index contributed by atoms with van der Waals surface area (Å²) in [6.45, 7) is 4.45. The maximum absolute atomic E-state index is 12.6. The third-order valence-electron chi connectivity index (χ3n) is 5.11. The zero-order chi connectivity index (χ0) is 19.1. The fraction of sp³-hybridized carbons (Fsp3) is 0.409. The lowest BCUT2D eigenvalue weighted by molar-refractivity contribution is 0.0636. The fourth-order valence-electron chi connectivity index (χ4n) is 3.49. The summed E-state index contributed by atoms with van der Waals surface area (Å²) in [5, 5.41) is 0. The Balaban J connectivity index is 1.43. The SMILES string of the molecule is COc1ccc(C(=O)N2CCN(CCCc3ccccc3OC)CC2)cc1. The maximum atomic E-state index is 12.6. The van der Waals surface area contributed by atoms with Gasteiger partial charge in [0.25, 0.3) is 5.91 Å². The zero-order valence-electron chi connectivity index (χ0n) is 16.2. The van der Waals surface area contributed by atoms with Crippen molar-refractivity contribution in [3.63, 3.8) is 0 Å². The quantitative estimate of drug-likeness (QED) is 0.753. The first-order valence-corrected chi connectivity index (χ1v) is 9.49. The number of carbonyl (C=O) groups is 1. The minimum atomic E-state index is 0.103. The van der Waals surface area contributed by atoms with E-state index in [0.29, 0.717) is 0 Å². The average molecular weight is 368 g/mol. The first-order chi connectivity index (χ1) is 13.2. The number of rotatable bonds is 7. The molecule has 0 aromatic heterocycles. The van der Waals surface area contributed by atoms with Gasteiger partial charge in [0.05, 0.1) is 14.2 Å². The van der Waals surface area contributed by atoms with E-state index in [9.17, 15) is 4.79 Å². The second-order valence-electron chi connectivity index (χ2n) is 6.78. The molecule has 2 aromatic carbocycles. The largest absolute Gasteiger partial charge is 0.497 e. The van der Waals surface area contributed by atoms with E-state index >= 15 is 0 Å². The minimum Gasteiger partial charge on any atom is -0.497 e. The molecule has 0 atom stereocenters. The maximum Gasteiger partial charge on any atom is 0.253 e. The Bertz CT molecular complexity index is 737. The van der Waals surface area contributed by atoms with Gasteiger partial charge in [0.2, 0.25) is 0 Å². The number of para-hydroxylation sites is 1. The van der Waals surface area contributed by atoms with E-state index in [1.165, 1.54) is 5.56 Å². The van der Waals surface area contributed by atoms with Gasteiger partial charge in [0, 0.05) is 31.7 Å². The van der Waals surface area contributed by atoms with Gasteiger partial charge in [-0.3, -0.25) is 9.69 Å². The summed E-state index contributed by atoms with van der Waals surface area (Å²) in [6, 6.07) is 15.5. The van der Waals surface area contributed by atoms with Crippen LogP contribution in [0.15, 0.2) is 48.5 Å². The van der Waals surface area contributed by atoms with Crippen LogP contribution in [0.5, 0.6) is 11.5 Å². The molecule has 1 saturated heterocycles. The molecule has 1 aliphatic heterocycles. The van der Waals surface area contributed by atoms with E-state index in [2.05, 4.69) is 17.0 Å². The van der Waals surface area contributed by atoms with Crippen LogP contribution in [-0.2, 0) is 6.42 Å². The molecule has 0 unspecified atom stereocenters. The molecule has 1 fully saturated rings. The molecule has 0 radical (unpaired) electrons. The number of carbonyl (C=O) groups excluding carboxylic acids is 1. The standard InChI is InChI=1S/C22H28N2O3/c1-26-20-11-9-19(10-12-20)22(25)24-16-14-23(15-17-24)13-5-7-18-6-3-4-8-21(18)27-2/h3-4,6,8-12H,5,7,13-17H2,1-2H3. The average Bonchev–Trinajstić information content (AvgIpc) is 2.74. The van der Waals surface area contributed by atoms with E-state index in [1.807, 2.05) is 41.3 Å². The van der Waals surface area contributed by atoms with E-state index in [0.717, 1.165) is 62.6 Å². The second kappa shape index (κ2) is 9.42. The highest BCUT2D eigenvalue weighted by Crippen LogP contribution is 2.19. The smallest absolute Gasteiger partial charge is 0.253 e. The molecule has 1 heterocycles. The van der Waals surface area contributed by atoms with Crippen LogP contribution in [0.25, 0.3) is 0 Å². The first kappa shape index (κ1) is 19.2. The first-order valence-electron chi connectivity index (χ1n) is 9.49. The summed E-state index contributed by atoms with van der Waals surface area (Å²) in [7, 11) is 3.35. The van der Waals surface area contributed by atoms with Crippen molar-refractivity contribution < 1.29 is 14.3 Å². The van der Waals surface area contributed by atoms with Gasteiger partial charge >= 0.3 is 0 Å². The van der Waals surface area contributed by atoms with Crippen molar-refractivity contribution in [1.29, 1.82) is 0 Å². The number of benzene rings is 2. The van der Waals surface area contributed by atoms with E-state index in [4.69, 9.17) is 9.47 Å². The predicted molar refractivity (Wildman–Crippen MR) is 107 cm³/mol. The van der Waals surface area contributed by atoms with Crippen LogP contribution >= 0.6 is 0 Å². The Morgan fingerprint density at radius 2 is 1.63 bits per heavy atom. The molecule has 0 spiro atoms. The van der Waals surface area contributed by atoms with Crippen molar-refractivity contribution in [3.05, 3.63) is 59.7 Å². The molecule has 0 aliphatic carbocycles. The number of aryl methyl sites for hydroxylation is 1. The van der Waals surface area contributed by atoms with Crippen LogP contribution < -0.4 is 9.47 Å². The van der Waals surface area contributed by atoms with Crippen LogP contribution in [-0.4, -0.2) is 62.7 Å². The number of methoxy groups -OCH3 is 2. The Morgan fingerprint density at radius 1 is 0.926 bits per heavy atom. The fourth-order valence-corrected chi connectivity index (χ4v) is 3.49. The molecule has 5 nitrogen and oxygen atoms in total. The summed E-state index contributed by atoms with van der Waals surface area (Å²) < 4.78 is 10.6. The zero-order valence-corrected chi connectivity index (χ0v) is 16.2. The van der Waals surface area contributed by atoms with Crippen LogP contribution in [0.2, 0.25) is 0 Å². The van der Waals surface area contributed by atoms with Crippen LogP contribution in [0, 0.1) is 0 Å². The number of piperazine rings is 1.